The van der Waals surface area contributed by atoms with E-state index in [0.29, 0.717) is 5.82 Å². The molecule has 2 aromatic rings. The minimum absolute atomic E-state index is 0.206. The molecule has 0 saturated heterocycles. The lowest BCUT2D eigenvalue weighted by atomic mass is 10.2. The van der Waals surface area contributed by atoms with Crippen LogP contribution in [0, 0.1) is 6.92 Å². The summed E-state index contributed by atoms with van der Waals surface area (Å²) in [4.78, 5) is 16.1. The topological polar surface area (TPSA) is 79.4 Å². The highest BCUT2D eigenvalue weighted by Crippen LogP contribution is 2.14. The van der Waals surface area contributed by atoms with Gasteiger partial charge in [0.25, 0.3) is 0 Å². The zero-order chi connectivity index (χ0) is 17.7. The number of benzene rings is 1. The molecule has 0 unspecified atom stereocenters. The minimum Gasteiger partial charge on any atom is -0.307 e. The van der Waals surface area contributed by atoms with Gasteiger partial charge in [-0.3, -0.25) is 4.79 Å². The number of nitrogens with one attached hydrogen (secondary N) is 1. The van der Waals surface area contributed by atoms with Gasteiger partial charge in [-0.1, -0.05) is 18.2 Å². The molecule has 126 valence electrons. The number of carbonyl (C=O) groups is 1. The Labute approximate surface area is 141 Å². The van der Waals surface area contributed by atoms with Gasteiger partial charge in [0.05, 0.1) is 4.90 Å². The Morgan fingerprint density at radius 3 is 2.33 bits per heavy atom. The van der Waals surface area contributed by atoms with Crippen molar-refractivity contribution in [2.75, 3.05) is 19.4 Å². The van der Waals surface area contributed by atoms with Crippen molar-refractivity contribution >= 4 is 27.8 Å². The fourth-order valence-corrected chi connectivity index (χ4v) is 2.74. The molecule has 1 aromatic carbocycles. The molecule has 0 aliphatic rings. The third-order valence-electron chi connectivity index (χ3n) is 3.25. The zero-order valence-electron chi connectivity index (χ0n) is 13.7. The predicted molar refractivity (Wildman–Crippen MR) is 94.0 cm³/mol. The summed E-state index contributed by atoms with van der Waals surface area (Å²) in [6.07, 6.45) is 4.65. The van der Waals surface area contributed by atoms with E-state index in [-0.39, 0.29) is 10.8 Å². The van der Waals surface area contributed by atoms with E-state index < -0.39 is 10.0 Å². The van der Waals surface area contributed by atoms with Gasteiger partial charge in [0.15, 0.2) is 0 Å². The Morgan fingerprint density at radius 1 is 1.12 bits per heavy atom. The number of aromatic nitrogens is 1. The van der Waals surface area contributed by atoms with Gasteiger partial charge in [-0.2, -0.15) is 0 Å². The SMILES string of the molecule is Cc1ccc(NC(=O)C=Cc2ccc(S(=O)(=O)N(C)C)cc2)nc1. The van der Waals surface area contributed by atoms with E-state index in [1.807, 2.05) is 13.0 Å². The van der Waals surface area contributed by atoms with E-state index >= 15 is 0 Å². The first-order valence-electron chi connectivity index (χ1n) is 7.23. The highest BCUT2D eigenvalue weighted by molar-refractivity contribution is 7.89. The highest BCUT2D eigenvalue weighted by atomic mass is 32.2. The normalized spacial score (nSPS) is 11.8. The second kappa shape index (κ2) is 7.37. The van der Waals surface area contributed by atoms with Crippen LogP contribution < -0.4 is 5.32 Å². The first-order chi connectivity index (χ1) is 11.3. The molecule has 6 nitrogen and oxygen atoms in total. The standard InChI is InChI=1S/C17H19N3O3S/c1-13-4-10-16(18-12-13)19-17(21)11-7-14-5-8-15(9-6-14)24(22,23)20(2)3/h4-12H,1-3H3,(H,18,19,21). The summed E-state index contributed by atoms with van der Waals surface area (Å²) in [5.74, 6) is 0.166. The van der Waals surface area contributed by atoms with Crippen molar-refractivity contribution in [2.24, 2.45) is 0 Å². The number of aryl methyl sites for hydroxylation is 1. The molecule has 0 fully saturated rings. The lowest BCUT2D eigenvalue weighted by Crippen LogP contribution is -2.22. The van der Waals surface area contributed by atoms with E-state index in [9.17, 15) is 13.2 Å². The maximum absolute atomic E-state index is 12.0. The van der Waals surface area contributed by atoms with Crippen molar-refractivity contribution in [1.29, 1.82) is 0 Å². The fraction of sp³-hybridized carbons (Fsp3) is 0.176. The summed E-state index contributed by atoms with van der Waals surface area (Å²) < 4.78 is 25.1. The van der Waals surface area contributed by atoms with Crippen LogP contribution >= 0.6 is 0 Å². The van der Waals surface area contributed by atoms with Crippen LogP contribution in [0.25, 0.3) is 6.08 Å². The van der Waals surface area contributed by atoms with Crippen LogP contribution in [-0.2, 0) is 14.8 Å². The molecule has 7 heteroatoms. The van der Waals surface area contributed by atoms with Gasteiger partial charge in [0.2, 0.25) is 15.9 Å². The molecular formula is C17H19N3O3S. The maximum Gasteiger partial charge on any atom is 0.249 e. The predicted octanol–water partition coefficient (Wildman–Crippen LogP) is 2.29. The molecule has 0 radical (unpaired) electrons. The van der Waals surface area contributed by atoms with Gasteiger partial charge in [0.1, 0.15) is 5.82 Å². The summed E-state index contributed by atoms with van der Waals surface area (Å²) >= 11 is 0. The highest BCUT2D eigenvalue weighted by Gasteiger charge is 2.16. The number of pyridine rings is 1. The molecular weight excluding hydrogens is 326 g/mol. The monoisotopic (exact) mass is 345 g/mol. The summed E-state index contributed by atoms with van der Waals surface area (Å²) in [6.45, 7) is 1.92. The molecule has 0 aliphatic carbocycles. The lowest BCUT2D eigenvalue weighted by molar-refractivity contribution is -0.111. The third-order valence-corrected chi connectivity index (χ3v) is 5.08. The average molecular weight is 345 g/mol. The van der Waals surface area contributed by atoms with Gasteiger partial charge >= 0.3 is 0 Å². The Kier molecular flexibility index (Phi) is 5.48. The van der Waals surface area contributed by atoms with Crippen LogP contribution in [0.15, 0.2) is 53.6 Å². The number of amides is 1. The molecule has 1 aromatic heterocycles. The Balaban J connectivity index is 2.04. The summed E-state index contributed by atoms with van der Waals surface area (Å²) in [6, 6.07) is 9.88. The first kappa shape index (κ1) is 17.8. The summed E-state index contributed by atoms with van der Waals surface area (Å²) in [5.41, 5.74) is 1.73. The van der Waals surface area contributed by atoms with E-state index in [1.54, 1.807) is 30.5 Å². The van der Waals surface area contributed by atoms with E-state index in [4.69, 9.17) is 0 Å². The summed E-state index contributed by atoms with van der Waals surface area (Å²) in [7, 11) is -0.490. The van der Waals surface area contributed by atoms with E-state index in [2.05, 4.69) is 10.3 Å². The zero-order valence-corrected chi connectivity index (χ0v) is 14.5. The number of hydrogen-bond donors (Lipinski definition) is 1. The number of anilines is 1. The molecule has 0 atom stereocenters. The maximum atomic E-state index is 12.0. The van der Waals surface area contributed by atoms with Crippen LogP contribution in [-0.4, -0.2) is 37.7 Å². The van der Waals surface area contributed by atoms with Gasteiger partial charge in [-0.15, -0.1) is 0 Å². The van der Waals surface area contributed by atoms with Crippen molar-refractivity contribution in [2.45, 2.75) is 11.8 Å². The van der Waals surface area contributed by atoms with Gasteiger partial charge in [-0.05, 0) is 42.3 Å². The Bertz CT molecular complexity index is 840. The Morgan fingerprint density at radius 2 is 1.79 bits per heavy atom. The van der Waals surface area contributed by atoms with Gasteiger partial charge in [-0.25, -0.2) is 17.7 Å². The van der Waals surface area contributed by atoms with Gasteiger partial charge in [0, 0.05) is 26.4 Å². The van der Waals surface area contributed by atoms with Crippen LogP contribution in [0.1, 0.15) is 11.1 Å². The van der Waals surface area contributed by atoms with Crippen molar-refractivity contribution in [3.63, 3.8) is 0 Å². The Hall–Kier alpha value is -2.51. The van der Waals surface area contributed by atoms with Crippen molar-refractivity contribution in [3.05, 3.63) is 59.8 Å². The molecule has 24 heavy (non-hydrogen) atoms. The number of sulfonamides is 1. The molecule has 0 bridgehead atoms. The molecule has 1 N–H and O–H groups in total. The fourth-order valence-electron chi connectivity index (χ4n) is 1.84. The molecule has 1 amide bonds. The van der Waals surface area contributed by atoms with Crippen molar-refractivity contribution < 1.29 is 13.2 Å². The second-order valence-corrected chi connectivity index (χ2v) is 7.55. The van der Waals surface area contributed by atoms with Crippen molar-refractivity contribution in [3.8, 4) is 0 Å². The van der Waals surface area contributed by atoms with E-state index in [0.717, 1.165) is 15.4 Å². The minimum atomic E-state index is -3.45. The molecule has 0 aliphatic heterocycles. The van der Waals surface area contributed by atoms with E-state index in [1.165, 1.54) is 32.3 Å². The number of hydrogen-bond acceptors (Lipinski definition) is 4. The average Bonchev–Trinajstić information content (AvgIpc) is 2.55. The lowest BCUT2D eigenvalue weighted by Gasteiger charge is -2.11. The quantitative estimate of drug-likeness (QED) is 0.843. The molecule has 2 rings (SSSR count). The second-order valence-electron chi connectivity index (χ2n) is 5.40. The smallest absolute Gasteiger partial charge is 0.249 e. The van der Waals surface area contributed by atoms with Crippen molar-refractivity contribution in [1.82, 2.24) is 9.29 Å². The molecule has 0 spiro atoms. The van der Waals surface area contributed by atoms with Crippen LogP contribution in [0.4, 0.5) is 5.82 Å². The third kappa shape index (κ3) is 4.50. The molecule has 1 heterocycles. The number of rotatable bonds is 5. The van der Waals surface area contributed by atoms with Crippen LogP contribution in [0.5, 0.6) is 0 Å². The molecule has 0 saturated carbocycles. The number of carbonyl (C=O) groups excluding carboxylic acids is 1. The number of nitrogens with zero attached hydrogens (tertiary/aromatic N) is 2. The van der Waals surface area contributed by atoms with Gasteiger partial charge < -0.3 is 5.32 Å². The first-order valence-corrected chi connectivity index (χ1v) is 8.67. The van der Waals surface area contributed by atoms with Crippen LogP contribution in [0.3, 0.4) is 0 Å². The summed E-state index contributed by atoms with van der Waals surface area (Å²) in [5, 5.41) is 2.65. The van der Waals surface area contributed by atoms with Crippen LogP contribution in [0.2, 0.25) is 0 Å². The largest absolute Gasteiger partial charge is 0.307 e.